The van der Waals surface area contributed by atoms with E-state index in [0.717, 1.165) is 24.9 Å². The number of benzene rings is 1. The SMILES string of the molecule is N#CCCCCN1Cc2ccccc2CC1C(=O)O. The third-order valence-electron chi connectivity index (χ3n) is 3.61. The van der Waals surface area contributed by atoms with Crippen LogP contribution in [0.1, 0.15) is 30.4 Å². The van der Waals surface area contributed by atoms with Gasteiger partial charge in [0, 0.05) is 13.0 Å². The van der Waals surface area contributed by atoms with Crippen molar-refractivity contribution >= 4 is 5.97 Å². The van der Waals surface area contributed by atoms with Gasteiger partial charge in [-0.2, -0.15) is 5.26 Å². The van der Waals surface area contributed by atoms with Crippen molar-refractivity contribution in [2.75, 3.05) is 6.54 Å². The van der Waals surface area contributed by atoms with Crippen molar-refractivity contribution in [3.05, 3.63) is 35.4 Å². The first-order chi connectivity index (χ1) is 9.22. The van der Waals surface area contributed by atoms with Crippen LogP contribution in [-0.2, 0) is 17.8 Å². The Balaban J connectivity index is 2.04. The maximum atomic E-state index is 11.4. The van der Waals surface area contributed by atoms with Crippen LogP contribution in [0, 0.1) is 11.3 Å². The van der Waals surface area contributed by atoms with E-state index in [0.29, 0.717) is 19.4 Å². The predicted molar refractivity (Wildman–Crippen MR) is 71.4 cm³/mol. The van der Waals surface area contributed by atoms with Crippen molar-refractivity contribution in [1.82, 2.24) is 4.90 Å². The lowest BCUT2D eigenvalue weighted by atomic mass is 9.94. The first-order valence-electron chi connectivity index (χ1n) is 6.63. The highest BCUT2D eigenvalue weighted by Gasteiger charge is 2.30. The van der Waals surface area contributed by atoms with Crippen molar-refractivity contribution < 1.29 is 9.90 Å². The second kappa shape index (κ2) is 6.35. The number of nitrogens with zero attached hydrogens (tertiary/aromatic N) is 2. The van der Waals surface area contributed by atoms with E-state index in [1.807, 2.05) is 23.1 Å². The number of rotatable bonds is 5. The van der Waals surface area contributed by atoms with E-state index in [4.69, 9.17) is 5.26 Å². The fourth-order valence-corrected chi connectivity index (χ4v) is 2.57. The minimum absolute atomic E-state index is 0.433. The molecule has 1 unspecified atom stereocenters. The number of carboxylic acid groups (broad SMARTS) is 1. The molecule has 0 amide bonds. The van der Waals surface area contributed by atoms with E-state index in [9.17, 15) is 9.90 Å². The normalized spacial score (nSPS) is 18.6. The molecular weight excluding hydrogens is 240 g/mol. The Morgan fingerprint density at radius 2 is 2.11 bits per heavy atom. The summed E-state index contributed by atoms with van der Waals surface area (Å²) in [5.74, 6) is -0.755. The van der Waals surface area contributed by atoms with Crippen LogP contribution in [0.4, 0.5) is 0 Å². The molecule has 0 fully saturated rings. The Labute approximate surface area is 113 Å². The van der Waals surface area contributed by atoms with Crippen molar-refractivity contribution in [1.29, 1.82) is 5.26 Å². The van der Waals surface area contributed by atoms with Gasteiger partial charge in [0.15, 0.2) is 0 Å². The average Bonchev–Trinajstić information content (AvgIpc) is 2.42. The van der Waals surface area contributed by atoms with Crippen molar-refractivity contribution in [3.8, 4) is 6.07 Å². The number of carbonyl (C=O) groups is 1. The molecule has 1 atom stereocenters. The van der Waals surface area contributed by atoms with Crippen LogP contribution in [0.15, 0.2) is 24.3 Å². The highest BCUT2D eigenvalue weighted by atomic mass is 16.4. The Morgan fingerprint density at radius 3 is 2.79 bits per heavy atom. The number of hydrogen-bond donors (Lipinski definition) is 1. The number of nitriles is 1. The maximum Gasteiger partial charge on any atom is 0.321 e. The molecule has 1 aromatic carbocycles. The molecule has 2 rings (SSSR count). The van der Waals surface area contributed by atoms with Crippen LogP contribution < -0.4 is 0 Å². The zero-order valence-corrected chi connectivity index (χ0v) is 10.9. The zero-order valence-electron chi connectivity index (χ0n) is 10.9. The lowest BCUT2D eigenvalue weighted by Gasteiger charge is -2.34. The summed E-state index contributed by atoms with van der Waals surface area (Å²) in [7, 11) is 0. The molecule has 4 nitrogen and oxygen atoms in total. The third kappa shape index (κ3) is 3.33. The van der Waals surface area contributed by atoms with E-state index in [1.54, 1.807) is 0 Å². The van der Waals surface area contributed by atoms with Crippen molar-refractivity contribution in [2.45, 2.75) is 38.3 Å². The summed E-state index contributed by atoms with van der Waals surface area (Å²) in [6.07, 6.45) is 2.83. The molecule has 0 aromatic heterocycles. The van der Waals surface area contributed by atoms with Gasteiger partial charge >= 0.3 is 5.97 Å². The summed E-state index contributed by atoms with van der Waals surface area (Å²) >= 11 is 0. The second-order valence-electron chi connectivity index (χ2n) is 4.91. The van der Waals surface area contributed by atoms with Gasteiger partial charge in [0.2, 0.25) is 0 Å². The number of fused-ring (bicyclic) bond motifs is 1. The molecule has 100 valence electrons. The van der Waals surface area contributed by atoms with E-state index < -0.39 is 12.0 Å². The molecule has 1 N–H and O–H groups in total. The molecule has 0 bridgehead atoms. The number of unbranched alkanes of at least 4 members (excludes halogenated alkanes) is 2. The van der Waals surface area contributed by atoms with Gasteiger partial charge in [-0.1, -0.05) is 24.3 Å². The zero-order chi connectivity index (χ0) is 13.7. The summed E-state index contributed by atoms with van der Waals surface area (Å²) < 4.78 is 0. The van der Waals surface area contributed by atoms with E-state index in [1.165, 1.54) is 5.56 Å². The van der Waals surface area contributed by atoms with Gasteiger partial charge in [-0.05, 0) is 36.9 Å². The van der Waals surface area contributed by atoms with Gasteiger partial charge in [0.25, 0.3) is 0 Å². The van der Waals surface area contributed by atoms with Gasteiger partial charge in [0.1, 0.15) is 6.04 Å². The van der Waals surface area contributed by atoms with E-state index in [2.05, 4.69) is 12.1 Å². The summed E-state index contributed by atoms with van der Waals surface area (Å²) in [5, 5.41) is 17.9. The fraction of sp³-hybridized carbons (Fsp3) is 0.467. The number of carboxylic acids is 1. The lowest BCUT2D eigenvalue weighted by molar-refractivity contribution is -0.144. The Morgan fingerprint density at radius 1 is 1.37 bits per heavy atom. The summed E-state index contributed by atoms with van der Waals surface area (Å²) in [6, 6.07) is 9.72. The molecule has 1 heterocycles. The Hall–Kier alpha value is -1.86. The molecule has 1 aliphatic heterocycles. The van der Waals surface area contributed by atoms with Crippen LogP contribution in [-0.4, -0.2) is 28.6 Å². The maximum absolute atomic E-state index is 11.4. The van der Waals surface area contributed by atoms with Gasteiger partial charge in [-0.25, -0.2) is 0 Å². The molecule has 0 saturated heterocycles. The monoisotopic (exact) mass is 258 g/mol. The van der Waals surface area contributed by atoms with Crippen molar-refractivity contribution in [2.24, 2.45) is 0 Å². The molecule has 0 saturated carbocycles. The van der Waals surface area contributed by atoms with Crippen LogP contribution in [0.5, 0.6) is 0 Å². The van der Waals surface area contributed by atoms with Crippen LogP contribution in [0.25, 0.3) is 0 Å². The van der Waals surface area contributed by atoms with Gasteiger partial charge in [0.05, 0.1) is 6.07 Å². The summed E-state index contributed by atoms with van der Waals surface area (Å²) in [6.45, 7) is 1.44. The Kier molecular flexibility index (Phi) is 4.53. The van der Waals surface area contributed by atoms with Gasteiger partial charge < -0.3 is 5.11 Å². The molecule has 0 spiro atoms. The molecule has 4 heteroatoms. The highest BCUT2D eigenvalue weighted by Crippen LogP contribution is 2.23. The molecule has 0 aliphatic carbocycles. The standard InChI is InChI=1S/C15H18N2O2/c16-8-4-1-5-9-17-11-13-7-3-2-6-12(13)10-14(17)15(18)19/h2-3,6-7,14H,1,4-5,9-11H2,(H,18,19). The summed E-state index contributed by atoms with van der Waals surface area (Å²) in [4.78, 5) is 13.4. The smallest absolute Gasteiger partial charge is 0.321 e. The van der Waals surface area contributed by atoms with Crippen LogP contribution in [0.2, 0.25) is 0 Å². The molecule has 1 aliphatic rings. The Bertz CT molecular complexity index is 493. The minimum atomic E-state index is -0.755. The molecule has 1 aromatic rings. The van der Waals surface area contributed by atoms with E-state index >= 15 is 0 Å². The minimum Gasteiger partial charge on any atom is -0.480 e. The van der Waals surface area contributed by atoms with E-state index in [-0.39, 0.29) is 0 Å². The second-order valence-corrected chi connectivity index (χ2v) is 4.91. The fourth-order valence-electron chi connectivity index (χ4n) is 2.57. The molecular formula is C15H18N2O2. The van der Waals surface area contributed by atoms with Gasteiger partial charge in [-0.3, -0.25) is 9.69 Å². The number of aliphatic carboxylic acids is 1. The molecule has 19 heavy (non-hydrogen) atoms. The van der Waals surface area contributed by atoms with Crippen LogP contribution in [0.3, 0.4) is 0 Å². The number of hydrogen-bond acceptors (Lipinski definition) is 3. The first kappa shape index (κ1) is 13.6. The topological polar surface area (TPSA) is 64.3 Å². The summed E-state index contributed by atoms with van der Waals surface area (Å²) in [5.41, 5.74) is 2.36. The van der Waals surface area contributed by atoms with Crippen molar-refractivity contribution in [3.63, 3.8) is 0 Å². The molecule has 0 radical (unpaired) electrons. The first-order valence-corrected chi connectivity index (χ1v) is 6.63. The van der Waals surface area contributed by atoms with Crippen LogP contribution >= 0.6 is 0 Å². The average molecular weight is 258 g/mol. The third-order valence-corrected chi connectivity index (χ3v) is 3.61. The largest absolute Gasteiger partial charge is 0.480 e. The quantitative estimate of drug-likeness (QED) is 0.822. The highest BCUT2D eigenvalue weighted by molar-refractivity contribution is 5.74. The lowest BCUT2D eigenvalue weighted by Crippen LogP contribution is -2.45. The predicted octanol–water partition coefficient (Wildman–Crippen LogP) is 2.19. The van der Waals surface area contributed by atoms with Gasteiger partial charge in [-0.15, -0.1) is 0 Å².